The molecule has 1 amide bonds. The lowest BCUT2D eigenvalue weighted by Gasteiger charge is -2.23. The summed E-state index contributed by atoms with van der Waals surface area (Å²) in [5.41, 5.74) is 0. The maximum atomic E-state index is 10.7. The lowest BCUT2D eigenvalue weighted by atomic mass is 10.3. The number of hydrogen-bond donors (Lipinski definition) is 1. The molecule has 0 spiro atoms. The van der Waals surface area contributed by atoms with Crippen molar-refractivity contribution in [3.63, 3.8) is 0 Å². The zero-order chi connectivity index (χ0) is 19.6. The summed E-state index contributed by atoms with van der Waals surface area (Å²) in [6.07, 6.45) is 4.94. The van der Waals surface area contributed by atoms with E-state index < -0.39 is 0 Å². The van der Waals surface area contributed by atoms with Crippen molar-refractivity contribution in [2.45, 2.75) is 6.42 Å². The molecule has 0 aromatic carbocycles. The Kier molecular flexibility index (Phi) is 26.6. The van der Waals surface area contributed by atoms with Crippen molar-refractivity contribution in [2.24, 2.45) is 0 Å². The molecule has 0 aliphatic heterocycles. The minimum atomic E-state index is -0.359. The van der Waals surface area contributed by atoms with Gasteiger partial charge < -0.3 is 31.8 Å². The molecular weight excluding hydrogens is 365 g/mol. The third-order valence-electron chi connectivity index (χ3n) is 2.44. The summed E-state index contributed by atoms with van der Waals surface area (Å²) in [5.74, 6) is -0.446. The molecule has 0 aromatic rings. The highest BCUT2D eigenvalue weighted by Gasteiger charge is 2.05. The quantitative estimate of drug-likeness (QED) is 0.169. The smallest absolute Gasteiger partial charge is 0.330 e. The van der Waals surface area contributed by atoms with Gasteiger partial charge in [0.2, 0.25) is 5.91 Å². The topological polar surface area (TPSA) is 58.6 Å². The number of hydrogen-bond acceptors (Lipinski definition) is 4. The van der Waals surface area contributed by atoms with Gasteiger partial charge in [0, 0.05) is 32.0 Å². The van der Waals surface area contributed by atoms with Gasteiger partial charge in [0.05, 0.1) is 27.7 Å². The second kappa shape index (κ2) is 21.0. The number of nitrogens with zero attached hydrogens (tertiary/aromatic N) is 2. The second-order valence-corrected chi connectivity index (χ2v) is 6.04. The maximum Gasteiger partial charge on any atom is 0.330 e. The Hall–Kier alpha value is -1.08. The fourth-order valence-corrected chi connectivity index (χ4v) is 1.22. The van der Waals surface area contributed by atoms with Gasteiger partial charge in [-0.1, -0.05) is 13.2 Å². The van der Waals surface area contributed by atoms with Crippen LogP contribution in [0.1, 0.15) is 6.42 Å². The Morgan fingerprint density at radius 1 is 1.16 bits per heavy atom. The van der Waals surface area contributed by atoms with Crippen LogP contribution in [0.5, 0.6) is 0 Å². The van der Waals surface area contributed by atoms with Gasteiger partial charge in [-0.2, -0.15) is 0 Å². The van der Waals surface area contributed by atoms with E-state index in [4.69, 9.17) is 4.74 Å². The van der Waals surface area contributed by atoms with E-state index in [1.807, 2.05) is 19.0 Å². The lowest BCUT2D eigenvalue weighted by molar-refractivity contribution is -0.870. The monoisotopic (exact) mass is 399 g/mol. The molecule has 0 heterocycles. The molecule has 6 nitrogen and oxygen atoms in total. The molecule has 0 aliphatic carbocycles. The van der Waals surface area contributed by atoms with E-state index in [2.05, 4.69) is 51.2 Å². The summed E-state index contributed by atoms with van der Waals surface area (Å²) in [6.45, 7) is 9.62. The highest BCUT2D eigenvalue weighted by Crippen LogP contribution is 1.91. The lowest BCUT2D eigenvalue weighted by Crippen LogP contribution is -3.00. The first kappa shape index (κ1) is 31.7. The zero-order valence-electron chi connectivity index (χ0n) is 16.5. The molecule has 0 radical (unpaired) electrons. The van der Waals surface area contributed by atoms with Crippen LogP contribution < -0.4 is 17.7 Å². The van der Waals surface area contributed by atoms with Crippen molar-refractivity contribution in [3.05, 3.63) is 25.3 Å². The molecule has 0 aromatic heterocycles. The molecular formula is C17H35Cl2N3O3. The zero-order valence-corrected chi connectivity index (χ0v) is 18.0. The Morgan fingerprint density at radius 2 is 1.68 bits per heavy atom. The van der Waals surface area contributed by atoms with Gasteiger partial charge in [0.25, 0.3) is 0 Å². The van der Waals surface area contributed by atoms with Crippen molar-refractivity contribution >= 4 is 23.5 Å². The molecule has 0 unspecified atom stereocenters. The number of ether oxygens (including phenoxy) is 1. The van der Waals surface area contributed by atoms with Crippen LogP contribution in [0, 0.1) is 0 Å². The number of alkyl halides is 1. The van der Waals surface area contributed by atoms with Crippen molar-refractivity contribution in [3.8, 4) is 0 Å². The van der Waals surface area contributed by atoms with Gasteiger partial charge in [-0.15, -0.1) is 11.6 Å². The van der Waals surface area contributed by atoms with Gasteiger partial charge in [-0.25, -0.2) is 4.79 Å². The summed E-state index contributed by atoms with van der Waals surface area (Å²) in [6, 6.07) is 0. The number of amides is 1. The van der Waals surface area contributed by atoms with Crippen LogP contribution in [0.15, 0.2) is 25.3 Å². The van der Waals surface area contributed by atoms with E-state index in [1.54, 1.807) is 0 Å². The van der Waals surface area contributed by atoms with Crippen LogP contribution in [0.4, 0.5) is 0 Å². The van der Waals surface area contributed by atoms with Gasteiger partial charge in [0.1, 0.15) is 6.61 Å². The number of quaternary nitrogens is 1. The molecule has 8 heteroatoms. The number of esters is 1. The molecule has 0 saturated carbocycles. The first-order chi connectivity index (χ1) is 11.1. The van der Waals surface area contributed by atoms with E-state index in [9.17, 15) is 9.59 Å². The first-order valence-corrected chi connectivity index (χ1v) is 8.40. The summed E-state index contributed by atoms with van der Waals surface area (Å²) in [5, 5.41) is 2.74. The molecule has 0 rings (SSSR count). The molecule has 0 saturated heterocycles. The van der Waals surface area contributed by atoms with E-state index >= 15 is 0 Å². The van der Waals surface area contributed by atoms with Crippen molar-refractivity contribution in [2.75, 3.05) is 67.9 Å². The van der Waals surface area contributed by atoms with Crippen LogP contribution >= 0.6 is 11.6 Å². The largest absolute Gasteiger partial charge is 1.00 e. The van der Waals surface area contributed by atoms with Crippen molar-refractivity contribution < 1.29 is 31.2 Å². The highest BCUT2D eigenvalue weighted by atomic mass is 35.5. The average Bonchev–Trinajstić information content (AvgIpc) is 2.52. The average molecular weight is 400 g/mol. The van der Waals surface area contributed by atoms with E-state index in [0.29, 0.717) is 6.61 Å². The Bertz CT molecular complexity index is 358. The van der Waals surface area contributed by atoms with E-state index in [0.717, 1.165) is 36.6 Å². The third kappa shape index (κ3) is 35.0. The van der Waals surface area contributed by atoms with E-state index in [1.165, 1.54) is 12.5 Å². The van der Waals surface area contributed by atoms with Crippen LogP contribution in [0.3, 0.4) is 0 Å². The first-order valence-electron chi connectivity index (χ1n) is 7.64. The number of likely N-dealkylation sites (N-methyl/N-ethyl adjacent to an activating group) is 1. The third-order valence-corrected chi connectivity index (χ3v) is 2.44. The standard InChI is InChI=1S/C9H18N2O.C7H13NO2.CH3Cl.ClH/c1-5-9(12)10-7-6-8-11(2,3)4;1-4-7(9)10-6-5-8(2)3;1-2;/h5H,1,6-8H2,2-4H3;4H,1,5-6H2,2-3H3;1H3;1H. The fraction of sp³-hybridized carbons (Fsp3) is 0.647. The number of halogens is 2. The van der Waals surface area contributed by atoms with Gasteiger partial charge in [0.15, 0.2) is 0 Å². The SMILES string of the molecule is C=CC(=O)NCCC[N+](C)(C)C.C=CC(=O)OCCN(C)C.CCl.[Cl-]. The molecule has 1 N–H and O–H groups in total. The number of rotatable bonds is 9. The van der Waals surface area contributed by atoms with Gasteiger partial charge in [-0.05, 0) is 20.2 Å². The summed E-state index contributed by atoms with van der Waals surface area (Å²) >= 11 is 4.64. The van der Waals surface area contributed by atoms with Crippen LogP contribution in [0.25, 0.3) is 0 Å². The molecule has 0 atom stereocenters. The second-order valence-electron chi connectivity index (χ2n) is 6.04. The molecule has 25 heavy (non-hydrogen) atoms. The molecule has 0 bridgehead atoms. The fourth-order valence-electron chi connectivity index (χ4n) is 1.22. The minimum absolute atomic E-state index is 0. The Morgan fingerprint density at radius 3 is 2.04 bits per heavy atom. The summed E-state index contributed by atoms with van der Waals surface area (Å²) in [7, 11) is 10.2. The van der Waals surface area contributed by atoms with Crippen LogP contribution in [-0.4, -0.2) is 89.1 Å². The number of carbonyl (C=O) groups excluding carboxylic acids is 2. The normalized spacial score (nSPS) is 9.28. The highest BCUT2D eigenvalue weighted by molar-refractivity contribution is 6.15. The van der Waals surface area contributed by atoms with Gasteiger partial charge >= 0.3 is 5.97 Å². The van der Waals surface area contributed by atoms with Crippen LogP contribution in [-0.2, 0) is 14.3 Å². The number of carbonyl (C=O) groups is 2. The predicted octanol–water partition coefficient (Wildman–Crippen LogP) is -1.48. The minimum Gasteiger partial charge on any atom is -1.00 e. The Balaban J connectivity index is -0.000000156. The van der Waals surface area contributed by atoms with Crippen LogP contribution in [0.2, 0.25) is 0 Å². The molecule has 0 fully saturated rings. The number of nitrogens with one attached hydrogen (secondary N) is 1. The van der Waals surface area contributed by atoms with Gasteiger partial charge in [-0.3, -0.25) is 4.79 Å². The molecule has 150 valence electrons. The van der Waals surface area contributed by atoms with Crippen molar-refractivity contribution in [1.82, 2.24) is 10.2 Å². The van der Waals surface area contributed by atoms with E-state index in [-0.39, 0.29) is 24.3 Å². The summed E-state index contributed by atoms with van der Waals surface area (Å²) < 4.78 is 5.64. The predicted molar refractivity (Wildman–Crippen MR) is 102 cm³/mol. The van der Waals surface area contributed by atoms with Crippen molar-refractivity contribution in [1.29, 1.82) is 0 Å². The molecule has 0 aliphatic rings. The maximum absolute atomic E-state index is 10.7. The Labute approximate surface area is 164 Å². The summed E-state index contributed by atoms with van der Waals surface area (Å²) in [4.78, 5) is 23.1.